The number of carboxylic acid groups (broad SMARTS) is 1. The fraction of sp³-hybridized carbons (Fsp3) is 0.250. The van der Waals surface area contributed by atoms with E-state index in [1.54, 1.807) is 9.47 Å². The minimum atomic E-state index is -1.26. The molecule has 0 aromatic carbocycles. The van der Waals surface area contributed by atoms with Gasteiger partial charge in [0.15, 0.2) is 0 Å². The average Bonchev–Trinajstić information content (AvgIpc) is 2.22. The largest absolute Gasteiger partial charge is 0.480 e. The normalized spacial score (nSPS) is 10.0. The molecule has 1 unspecified atom stereocenters. The summed E-state index contributed by atoms with van der Waals surface area (Å²) in [6, 6.07) is 1.23. The first-order valence-electron chi connectivity index (χ1n) is 4.35. The highest BCUT2D eigenvalue weighted by atomic mass is 31.0. The van der Waals surface area contributed by atoms with Gasteiger partial charge in [-0.3, -0.25) is 24.3 Å². The number of nitrogens with zero attached hydrogens (tertiary/aromatic N) is 2. The van der Waals surface area contributed by atoms with Gasteiger partial charge in [0.25, 0.3) is 0 Å². The summed E-state index contributed by atoms with van der Waals surface area (Å²) in [7, 11) is 1.80. The molecule has 0 aliphatic carbocycles. The SMILES string of the molecule is Cc1cc(OP)c([N+](=O)[O-])c(=O)n1CC(=O)O. The van der Waals surface area contributed by atoms with Crippen LogP contribution in [-0.2, 0) is 11.3 Å². The van der Waals surface area contributed by atoms with Crippen molar-refractivity contribution < 1.29 is 19.3 Å². The van der Waals surface area contributed by atoms with Gasteiger partial charge in [0.2, 0.25) is 5.75 Å². The van der Waals surface area contributed by atoms with Crippen LogP contribution in [-0.4, -0.2) is 20.6 Å². The van der Waals surface area contributed by atoms with Crippen molar-refractivity contribution in [3.8, 4) is 5.75 Å². The molecule has 1 atom stereocenters. The fourth-order valence-corrected chi connectivity index (χ4v) is 1.50. The molecule has 1 N–H and O–H groups in total. The highest BCUT2D eigenvalue weighted by Gasteiger charge is 2.24. The zero-order valence-electron chi connectivity index (χ0n) is 8.74. The fourth-order valence-electron chi connectivity index (χ4n) is 1.32. The van der Waals surface area contributed by atoms with Crippen LogP contribution in [0.2, 0.25) is 0 Å². The number of aliphatic carboxylic acids is 1. The molecule has 1 heterocycles. The Kier molecular flexibility index (Phi) is 3.80. The summed E-state index contributed by atoms with van der Waals surface area (Å²) in [5, 5.41) is 19.3. The Morgan fingerprint density at radius 2 is 2.29 bits per heavy atom. The molecule has 0 bridgehead atoms. The van der Waals surface area contributed by atoms with E-state index in [-0.39, 0.29) is 11.4 Å². The second-order valence-corrected chi connectivity index (χ2v) is 3.39. The molecule has 0 aliphatic heterocycles. The molecule has 0 radical (unpaired) electrons. The van der Waals surface area contributed by atoms with Crippen molar-refractivity contribution in [2.24, 2.45) is 0 Å². The lowest BCUT2D eigenvalue weighted by Crippen LogP contribution is -2.28. The third-order valence-corrected chi connectivity index (χ3v) is 2.30. The zero-order chi connectivity index (χ0) is 13.2. The Labute approximate surface area is 97.3 Å². The van der Waals surface area contributed by atoms with E-state index >= 15 is 0 Å². The molecule has 0 amide bonds. The quantitative estimate of drug-likeness (QED) is 0.474. The van der Waals surface area contributed by atoms with Crippen LogP contribution in [0.3, 0.4) is 0 Å². The van der Waals surface area contributed by atoms with Crippen LogP contribution in [0.25, 0.3) is 0 Å². The average molecular weight is 260 g/mol. The van der Waals surface area contributed by atoms with Gasteiger partial charge in [0.05, 0.1) is 14.4 Å². The molecule has 0 aliphatic rings. The van der Waals surface area contributed by atoms with Crippen LogP contribution in [0.4, 0.5) is 5.69 Å². The highest BCUT2D eigenvalue weighted by Crippen LogP contribution is 2.25. The maximum absolute atomic E-state index is 11.7. The van der Waals surface area contributed by atoms with Crippen molar-refractivity contribution in [3.05, 3.63) is 32.2 Å². The molecule has 1 aromatic rings. The molecule has 1 aromatic heterocycles. The summed E-state index contributed by atoms with van der Waals surface area (Å²) in [5.74, 6) is -1.48. The van der Waals surface area contributed by atoms with Crippen LogP contribution in [0.1, 0.15) is 5.69 Å². The van der Waals surface area contributed by atoms with Gasteiger partial charge in [0, 0.05) is 11.8 Å². The Morgan fingerprint density at radius 3 is 2.71 bits per heavy atom. The van der Waals surface area contributed by atoms with E-state index in [1.165, 1.54) is 13.0 Å². The number of nitro groups is 1. The molecule has 8 nitrogen and oxygen atoms in total. The third kappa shape index (κ3) is 2.59. The van der Waals surface area contributed by atoms with E-state index in [2.05, 4.69) is 4.52 Å². The topological polar surface area (TPSA) is 112 Å². The van der Waals surface area contributed by atoms with Crippen molar-refractivity contribution in [2.45, 2.75) is 13.5 Å². The van der Waals surface area contributed by atoms with Gasteiger partial charge < -0.3 is 9.63 Å². The second-order valence-electron chi connectivity index (χ2n) is 3.16. The van der Waals surface area contributed by atoms with Crippen molar-refractivity contribution in [1.82, 2.24) is 4.57 Å². The number of aromatic nitrogens is 1. The smallest absolute Gasteiger partial charge is 0.375 e. The van der Waals surface area contributed by atoms with Crippen LogP contribution in [0.5, 0.6) is 5.75 Å². The van der Waals surface area contributed by atoms with Crippen LogP contribution in [0.15, 0.2) is 10.9 Å². The lowest BCUT2D eigenvalue weighted by atomic mass is 10.3. The lowest BCUT2D eigenvalue weighted by molar-refractivity contribution is -0.387. The summed E-state index contributed by atoms with van der Waals surface area (Å²) in [5.41, 5.74) is -1.53. The summed E-state index contributed by atoms with van der Waals surface area (Å²) in [4.78, 5) is 32.1. The van der Waals surface area contributed by atoms with Crippen LogP contribution in [0, 0.1) is 17.0 Å². The second kappa shape index (κ2) is 4.92. The molecule has 17 heavy (non-hydrogen) atoms. The zero-order valence-corrected chi connectivity index (χ0v) is 9.90. The number of hydrogen-bond donors (Lipinski definition) is 1. The first kappa shape index (κ1) is 13.1. The summed E-state index contributed by atoms with van der Waals surface area (Å²) in [6.45, 7) is 0.823. The van der Waals surface area contributed by atoms with Crippen molar-refractivity contribution in [2.75, 3.05) is 0 Å². The van der Waals surface area contributed by atoms with E-state index in [0.29, 0.717) is 0 Å². The van der Waals surface area contributed by atoms with Gasteiger partial charge in [0.1, 0.15) is 6.54 Å². The molecule has 1 rings (SSSR count). The number of carboxylic acids is 1. The van der Waals surface area contributed by atoms with Crippen LogP contribution >= 0.6 is 9.47 Å². The molecule has 0 saturated carbocycles. The van der Waals surface area contributed by atoms with Gasteiger partial charge in [-0.2, -0.15) is 0 Å². The van der Waals surface area contributed by atoms with Crippen LogP contribution < -0.4 is 10.1 Å². The lowest BCUT2D eigenvalue weighted by Gasteiger charge is -2.09. The minimum Gasteiger partial charge on any atom is -0.480 e. The van der Waals surface area contributed by atoms with Gasteiger partial charge in [-0.1, -0.05) is 0 Å². The molecule has 0 spiro atoms. The van der Waals surface area contributed by atoms with Crippen molar-refractivity contribution >= 4 is 21.1 Å². The van der Waals surface area contributed by atoms with Gasteiger partial charge >= 0.3 is 17.2 Å². The standard InChI is InChI=1S/C8H9N2O6P/c1-4-2-5(16-17)7(10(14)15)8(13)9(4)3-6(11)12/h2H,3,17H2,1H3,(H,11,12). The number of carbonyl (C=O) groups is 1. The first-order valence-corrected chi connectivity index (χ1v) is 4.83. The van der Waals surface area contributed by atoms with Gasteiger partial charge in [-0.05, 0) is 6.92 Å². The molecule has 92 valence electrons. The Hall–Kier alpha value is -1.95. The van der Waals surface area contributed by atoms with E-state index < -0.39 is 28.7 Å². The molecule has 0 fully saturated rings. The first-order chi connectivity index (χ1) is 7.88. The maximum Gasteiger partial charge on any atom is 0.375 e. The summed E-state index contributed by atoms with van der Waals surface area (Å²) in [6.07, 6.45) is 0. The minimum absolute atomic E-state index is 0.218. The monoisotopic (exact) mass is 260 g/mol. The Bertz CT molecular complexity index is 538. The number of aryl methyl sites for hydroxylation is 1. The third-order valence-electron chi connectivity index (χ3n) is 2.05. The maximum atomic E-state index is 11.7. The number of rotatable bonds is 4. The predicted octanol–water partition coefficient (Wildman–Crippen LogP) is 0.318. The molecule has 0 saturated heterocycles. The van der Waals surface area contributed by atoms with Crippen molar-refractivity contribution in [3.63, 3.8) is 0 Å². The summed E-state index contributed by atoms with van der Waals surface area (Å²) < 4.78 is 5.44. The Balaban J connectivity index is 3.54. The van der Waals surface area contributed by atoms with Gasteiger partial charge in [-0.15, -0.1) is 0 Å². The molecular formula is C8H9N2O6P. The van der Waals surface area contributed by atoms with E-state index in [9.17, 15) is 19.7 Å². The molecular weight excluding hydrogens is 251 g/mol. The number of hydrogen-bond acceptors (Lipinski definition) is 5. The van der Waals surface area contributed by atoms with E-state index in [4.69, 9.17) is 5.11 Å². The predicted molar refractivity (Wildman–Crippen MR) is 60.1 cm³/mol. The highest BCUT2D eigenvalue weighted by molar-refractivity contribution is 7.10. The molecule has 9 heteroatoms. The summed E-state index contributed by atoms with van der Waals surface area (Å²) >= 11 is 0. The Morgan fingerprint density at radius 1 is 1.71 bits per heavy atom. The van der Waals surface area contributed by atoms with E-state index in [0.717, 1.165) is 4.57 Å². The van der Waals surface area contributed by atoms with Gasteiger partial charge in [-0.25, -0.2) is 0 Å². The van der Waals surface area contributed by atoms with Crippen molar-refractivity contribution in [1.29, 1.82) is 0 Å². The number of pyridine rings is 1. The van der Waals surface area contributed by atoms with E-state index in [1.807, 2.05) is 0 Å².